The van der Waals surface area contributed by atoms with Gasteiger partial charge >= 0.3 is 5.97 Å². The average molecular weight is 230 g/mol. The Morgan fingerprint density at radius 2 is 2.12 bits per heavy atom. The van der Waals surface area contributed by atoms with Crippen molar-refractivity contribution in [2.24, 2.45) is 5.92 Å². The number of aliphatic carboxylic acids is 1. The number of hydrogen-bond acceptors (Lipinski definition) is 3. The zero-order valence-electron chi connectivity index (χ0n) is 10.3. The molecule has 1 unspecified atom stereocenters. The number of carboxylic acids is 1. The first-order valence-corrected chi connectivity index (χ1v) is 5.59. The van der Waals surface area contributed by atoms with Crippen molar-refractivity contribution in [3.8, 4) is 0 Å². The van der Waals surface area contributed by atoms with Crippen molar-refractivity contribution in [2.75, 3.05) is 0 Å². The largest absolute Gasteiger partial charge is 0.481 e. The predicted molar refractivity (Wildman–Crippen MR) is 62.2 cm³/mol. The highest BCUT2D eigenvalue weighted by Gasteiger charge is 2.13. The first-order valence-electron chi connectivity index (χ1n) is 5.59. The van der Waals surface area contributed by atoms with Crippen LogP contribution < -0.4 is 0 Å². The van der Waals surface area contributed by atoms with Gasteiger partial charge in [0.25, 0.3) is 0 Å². The summed E-state index contributed by atoms with van der Waals surface area (Å²) in [5.41, 5.74) is -0.652. The monoisotopic (exact) mass is 230 g/mol. The third-order valence-electron chi connectivity index (χ3n) is 2.38. The third-order valence-corrected chi connectivity index (χ3v) is 2.38. The lowest BCUT2D eigenvalue weighted by molar-refractivity contribution is -0.297. The van der Waals surface area contributed by atoms with Gasteiger partial charge in [0.05, 0.1) is 0 Å². The summed E-state index contributed by atoms with van der Waals surface area (Å²) in [7, 11) is 0. The smallest absolute Gasteiger partial charge is 0.303 e. The minimum atomic E-state index is -0.738. The van der Waals surface area contributed by atoms with Crippen LogP contribution in [-0.4, -0.2) is 21.9 Å². The molecule has 0 heterocycles. The van der Waals surface area contributed by atoms with Crippen LogP contribution in [0.25, 0.3) is 0 Å². The Morgan fingerprint density at radius 3 is 2.62 bits per heavy atom. The lowest BCUT2D eigenvalue weighted by Crippen LogP contribution is -2.18. The molecule has 0 aliphatic carbocycles. The lowest BCUT2D eigenvalue weighted by atomic mass is 9.99. The molecule has 16 heavy (non-hydrogen) atoms. The van der Waals surface area contributed by atoms with Crippen molar-refractivity contribution in [3.05, 3.63) is 12.2 Å². The molecule has 0 aromatic rings. The van der Waals surface area contributed by atoms with E-state index in [-0.39, 0.29) is 6.42 Å². The van der Waals surface area contributed by atoms with E-state index in [0.717, 1.165) is 12.8 Å². The van der Waals surface area contributed by atoms with E-state index in [1.807, 2.05) is 6.08 Å². The van der Waals surface area contributed by atoms with Crippen LogP contribution in [0.4, 0.5) is 0 Å². The minimum Gasteiger partial charge on any atom is -0.481 e. The van der Waals surface area contributed by atoms with Crippen LogP contribution in [0.5, 0.6) is 0 Å². The van der Waals surface area contributed by atoms with Crippen LogP contribution >= 0.6 is 0 Å². The number of hydrogen-bond donors (Lipinski definition) is 2. The first kappa shape index (κ1) is 15.1. The minimum absolute atomic E-state index is 0.235. The second kappa shape index (κ2) is 7.41. The van der Waals surface area contributed by atoms with Crippen molar-refractivity contribution in [1.82, 2.24) is 0 Å². The van der Waals surface area contributed by atoms with Crippen molar-refractivity contribution in [2.45, 2.75) is 52.1 Å². The summed E-state index contributed by atoms with van der Waals surface area (Å²) < 4.78 is 0. The molecule has 0 radical (unpaired) electrons. The van der Waals surface area contributed by atoms with E-state index in [0.29, 0.717) is 12.3 Å². The number of carbonyl (C=O) groups is 1. The summed E-state index contributed by atoms with van der Waals surface area (Å²) >= 11 is 0. The van der Waals surface area contributed by atoms with Crippen LogP contribution in [0.15, 0.2) is 12.2 Å². The topological polar surface area (TPSA) is 66.8 Å². The fourth-order valence-electron chi connectivity index (χ4n) is 1.33. The number of allylic oxidation sites excluding steroid dienone is 1. The maximum Gasteiger partial charge on any atom is 0.303 e. The van der Waals surface area contributed by atoms with Gasteiger partial charge in [0.15, 0.2) is 0 Å². The van der Waals surface area contributed by atoms with Gasteiger partial charge in [0, 0.05) is 6.42 Å². The average Bonchev–Trinajstić information content (AvgIpc) is 2.17. The Morgan fingerprint density at radius 1 is 1.50 bits per heavy atom. The predicted octanol–water partition coefficient (Wildman–Crippen LogP) is 3.09. The Balaban J connectivity index is 3.72. The van der Waals surface area contributed by atoms with Crippen molar-refractivity contribution in [3.63, 3.8) is 0 Å². The summed E-state index contributed by atoms with van der Waals surface area (Å²) in [6.45, 7) is 5.61. The molecule has 0 amide bonds. The highest BCUT2D eigenvalue weighted by Crippen LogP contribution is 2.15. The van der Waals surface area contributed by atoms with Gasteiger partial charge < -0.3 is 5.11 Å². The van der Waals surface area contributed by atoms with Gasteiger partial charge in [-0.05, 0) is 39.0 Å². The highest BCUT2D eigenvalue weighted by molar-refractivity contribution is 5.66. The van der Waals surface area contributed by atoms with E-state index < -0.39 is 11.6 Å². The SMILES string of the molecule is CC(C/C=C/C(C)(C)OO)CCCC(=O)O. The second-order valence-electron chi connectivity index (χ2n) is 4.72. The summed E-state index contributed by atoms with van der Waals surface area (Å²) in [4.78, 5) is 14.6. The van der Waals surface area contributed by atoms with E-state index >= 15 is 0 Å². The molecule has 0 saturated heterocycles. The van der Waals surface area contributed by atoms with E-state index in [2.05, 4.69) is 11.8 Å². The molecular weight excluding hydrogens is 208 g/mol. The standard InChI is InChI=1S/C12H22O4/c1-10(6-4-8-11(13)14)7-5-9-12(2,3)16-15/h5,9-10,15H,4,6-8H2,1-3H3,(H,13,14)/b9-5+. The molecule has 0 aromatic heterocycles. The molecule has 4 heteroatoms. The Labute approximate surface area is 96.9 Å². The molecule has 0 aliphatic heterocycles. The second-order valence-corrected chi connectivity index (χ2v) is 4.72. The fraction of sp³-hybridized carbons (Fsp3) is 0.750. The van der Waals surface area contributed by atoms with E-state index in [1.165, 1.54) is 0 Å². The maximum atomic E-state index is 10.3. The van der Waals surface area contributed by atoms with E-state index in [9.17, 15) is 4.79 Å². The zero-order chi connectivity index (χ0) is 12.6. The van der Waals surface area contributed by atoms with Crippen LogP contribution in [-0.2, 0) is 9.68 Å². The van der Waals surface area contributed by atoms with Crippen molar-refractivity contribution in [1.29, 1.82) is 0 Å². The summed E-state index contributed by atoms with van der Waals surface area (Å²) in [6.07, 6.45) is 6.48. The van der Waals surface area contributed by atoms with Gasteiger partial charge in [0.1, 0.15) is 5.60 Å². The molecule has 94 valence electrons. The summed E-state index contributed by atoms with van der Waals surface area (Å²) in [5, 5.41) is 17.0. The molecule has 0 bridgehead atoms. The molecule has 0 aromatic carbocycles. The Hall–Kier alpha value is -0.870. The summed E-state index contributed by atoms with van der Waals surface area (Å²) in [5.74, 6) is -0.289. The Kier molecular flexibility index (Phi) is 7.01. The molecule has 4 nitrogen and oxygen atoms in total. The molecule has 1 atom stereocenters. The molecule has 0 fully saturated rings. The number of carboxylic acid groups (broad SMARTS) is 1. The van der Waals surface area contributed by atoms with Crippen LogP contribution in [0, 0.1) is 5.92 Å². The normalized spacial score (nSPS) is 14.2. The molecule has 2 N–H and O–H groups in total. The van der Waals surface area contributed by atoms with Gasteiger partial charge in [-0.25, -0.2) is 4.89 Å². The van der Waals surface area contributed by atoms with Gasteiger partial charge in [-0.1, -0.05) is 19.1 Å². The van der Waals surface area contributed by atoms with Gasteiger partial charge in [-0.2, -0.15) is 0 Å². The number of rotatable bonds is 8. The van der Waals surface area contributed by atoms with Crippen LogP contribution in [0.2, 0.25) is 0 Å². The zero-order valence-corrected chi connectivity index (χ0v) is 10.3. The van der Waals surface area contributed by atoms with Crippen LogP contribution in [0.1, 0.15) is 46.5 Å². The van der Waals surface area contributed by atoms with Crippen molar-refractivity contribution < 1.29 is 20.0 Å². The molecule has 0 spiro atoms. The van der Waals surface area contributed by atoms with E-state index in [1.54, 1.807) is 19.9 Å². The van der Waals surface area contributed by atoms with E-state index in [4.69, 9.17) is 10.4 Å². The molecular formula is C12H22O4. The summed E-state index contributed by atoms with van der Waals surface area (Å²) in [6, 6.07) is 0. The molecule has 0 rings (SSSR count). The van der Waals surface area contributed by atoms with Gasteiger partial charge in [-0.3, -0.25) is 10.1 Å². The third kappa shape index (κ3) is 8.44. The van der Waals surface area contributed by atoms with Crippen LogP contribution in [0.3, 0.4) is 0 Å². The van der Waals surface area contributed by atoms with Gasteiger partial charge in [-0.15, -0.1) is 0 Å². The quantitative estimate of drug-likeness (QED) is 0.382. The Bertz CT molecular complexity index is 233. The molecule has 0 saturated carbocycles. The van der Waals surface area contributed by atoms with Gasteiger partial charge in [0.2, 0.25) is 0 Å². The highest BCUT2D eigenvalue weighted by atomic mass is 17.1. The lowest BCUT2D eigenvalue weighted by Gasteiger charge is -2.15. The molecule has 0 aliphatic rings. The maximum absolute atomic E-state index is 10.3. The fourth-order valence-corrected chi connectivity index (χ4v) is 1.33. The van der Waals surface area contributed by atoms with Crippen molar-refractivity contribution >= 4 is 5.97 Å². The first-order chi connectivity index (χ1) is 7.37.